The largest absolute Gasteiger partial charge is 0.350 e. The maximum atomic E-state index is 11.8. The summed E-state index contributed by atoms with van der Waals surface area (Å²) in [5.74, 6) is -0.743. The molecule has 0 bridgehead atoms. The molecule has 0 spiro atoms. The van der Waals surface area contributed by atoms with Gasteiger partial charge in [-0.3, -0.25) is 9.59 Å². The lowest BCUT2D eigenvalue weighted by Crippen LogP contribution is -2.39. The minimum Gasteiger partial charge on any atom is -0.350 e. The van der Waals surface area contributed by atoms with E-state index >= 15 is 0 Å². The third kappa shape index (κ3) is 5.45. The van der Waals surface area contributed by atoms with Gasteiger partial charge < -0.3 is 10.1 Å². The number of hydroxylamine groups is 1. The molecule has 1 aromatic rings. The van der Waals surface area contributed by atoms with Crippen LogP contribution in [0.4, 0.5) is 0 Å². The fourth-order valence-electron chi connectivity index (χ4n) is 1.86. The zero-order valence-electron chi connectivity index (χ0n) is 11.4. The van der Waals surface area contributed by atoms with Gasteiger partial charge in [0.05, 0.1) is 6.54 Å². The first-order valence-electron chi connectivity index (χ1n) is 6.75. The SMILES string of the molecule is O=C(CNC(=O)c1cccc(Br)c1)NO[C@@H]1CCCCO1. The Bertz CT molecular complexity index is 504. The van der Waals surface area contributed by atoms with Gasteiger partial charge in [-0.1, -0.05) is 22.0 Å². The molecule has 7 heteroatoms. The first-order valence-corrected chi connectivity index (χ1v) is 7.54. The van der Waals surface area contributed by atoms with E-state index in [0.29, 0.717) is 12.2 Å². The molecular formula is C14H17BrN2O4. The molecule has 2 amide bonds. The van der Waals surface area contributed by atoms with Crippen LogP contribution in [0, 0.1) is 0 Å². The van der Waals surface area contributed by atoms with E-state index in [2.05, 4.69) is 26.7 Å². The van der Waals surface area contributed by atoms with Gasteiger partial charge in [0.15, 0.2) is 6.29 Å². The average molecular weight is 357 g/mol. The Kier molecular flexibility index (Phi) is 6.16. The Balaban J connectivity index is 1.69. The summed E-state index contributed by atoms with van der Waals surface area (Å²) >= 11 is 3.29. The van der Waals surface area contributed by atoms with Gasteiger partial charge in [0, 0.05) is 23.1 Å². The van der Waals surface area contributed by atoms with Crippen LogP contribution < -0.4 is 10.8 Å². The monoisotopic (exact) mass is 356 g/mol. The quantitative estimate of drug-likeness (QED) is 0.788. The highest BCUT2D eigenvalue weighted by atomic mass is 79.9. The molecule has 0 aliphatic carbocycles. The zero-order valence-corrected chi connectivity index (χ0v) is 13.0. The van der Waals surface area contributed by atoms with Crippen LogP contribution in [0.5, 0.6) is 0 Å². The smallest absolute Gasteiger partial charge is 0.263 e. The molecule has 1 fully saturated rings. The average Bonchev–Trinajstić information content (AvgIpc) is 2.51. The molecule has 2 rings (SSSR count). The van der Waals surface area contributed by atoms with Gasteiger partial charge in [-0.05, 0) is 31.0 Å². The summed E-state index contributed by atoms with van der Waals surface area (Å²) in [7, 11) is 0. The van der Waals surface area contributed by atoms with Crippen molar-refractivity contribution in [3.05, 3.63) is 34.3 Å². The molecule has 1 saturated heterocycles. The molecule has 0 unspecified atom stereocenters. The van der Waals surface area contributed by atoms with E-state index in [1.165, 1.54) is 0 Å². The highest BCUT2D eigenvalue weighted by Crippen LogP contribution is 2.12. The molecule has 114 valence electrons. The van der Waals surface area contributed by atoms with Gasteiger partial charge in [0.2, 0.25) is 0 Å². The summed E-state index contributed by atoms with van der Waals surface area (Å²) in [5.41, 5.74) is 2.76. The Morgan fingerprint density at radius 2 is 2.24 bits per heavy atom. The van der Waals surface area contributed by atoms with Gasteiger partial charge in [-0.25, -0.2) is 10.3 Å². The van der Waals surface area contributed by atoms with Crippen LogP contribution in [0.2, 0.25) is 0 Å². The van der Waals surface area contributed by atoms with Gasteiger partial charge >= 0.3 is 0 Å². The fourth-order valence-corrected chi connectivity index (χ4v) is 2.26. The van der Waals surface area contributed by atoms with Crippen LogP contribution in [0.25, 0.3) is 0 Å². The molecule has 1 aromatic carbocycles. The topological polar surface area (TPSA) is 76.7 Å². The number of benzene rings is 1. The van der Waals surface area contributed by atoms with Crippen LogP contribution >= 0.6 is 15.9 Å². The first-order chi connectivity index (χ1) is 10.1. The van der Waals surface area contributed by atoms with E-state index in [0.717, 1.165) is 23.7 Å². The van der Waals surface area contributed by atoms with E-state index in [-0.39, 0.29) is 12.5 Å². The predicted octanol–water partition coefficient (Wildman–Crippen LogP) is 1.75. The van der Waals surface area contributed by atoms with Gasteiger partial charge in [-0.15, -0.1) is 0 Å². The number of carbonyl (C=O) groups is 2. The zero-order chi connectivity index (χ0) is 15.1. The minimum atomic E-state index is -0.424. The molecule has 21 heavy (non-hydrogen) atoms. The van der Waals surface area contributed by atoms with Crippen LogP contribution in [0.3, 0.4) is 0 Å². The van der Waals surface area contributed by atoms with Crippen molar-refractivity contribution in [2.75, 3.05) is 13.2 Å². The van der Waals surface area contributed by atoms with Crippen LogP contribution in [0.15, 0.2) is 28.7 Å². The number of halogens is 1. The van der Waals surface area contributed by atoms with E-state index in [9.17, 15) is 9.59 Å². The van der Waals surface area contributed by atoms with Crippen LogP contribution in [-0.2, 0) is 14.4 Å². The van der Waals surface area contributed by atoms with Crippen molar-refractivity contribution in [1.29, 1.82) is 0 Å². The maximum absolute atomic E-state index is 11.8. The highest BCUT2D eigenvalue weighted by Gasteiger charge is 2.16. The van der Waals surface area contributed by atoms with E-state index in [4.69, 9.17) is 9.57 Å². The number of hydrogen-bond acceptors (Lipinski definition) is 4. The fraction of sp³-hybridized carbons (Fsp3) is 0.429. The molecular weight excluding hydrogens is 340 g/mol. The van der Waals surface area contributed by atoms with Gasteiger partial charge in [0.1, 0.15) is 0 Å². The lowest BCUT2D eigenvalue weighted by Gasteiger charge is -2.22. The number of rotatable bonds is 5. The van der Waals surface area contributed by atoms with E-state index in [1.54, 1.807) is 18.2 Å². The molecule has 0 aromatic heterocycles. The summed E-state index contributed by atoms with van der Waals surface area (Å²) < 4.78 is 6.11. The number of carbonyl (C=O) groups excluding carboxylic acids is 2. The molecule has 1 atom stereocenters. The van der Waals surface area contributed by atoms with E-state index < -0.39 is 12.2 Å². The number of amides is 2. The van der Waals surface area contributed by atoms with Crippen molar-refractivity contribution in [3.63, 3.8) is 0 Å². The Morgan fingerprint density at radius 3 is 2.95 bits per heavy atom. The molecule has 2 N–H and O–H groups in total. The lowest BCUT2D eigenvalue weighted by molar-refractivity contribution is -0.200. The third-order valence-electron chi connectivity index (χ3n) is 2.94. The third-order valence-corrected chi connectivity index (χ3v) is 3.43. The number of nitrogens with one attached hydrogen (secondary N) is 2. The van der Waals surface area contributed by atoms with Crippen molar-refractivity contribution in [2.24, 2.45) is 0 Å². The lowest BCUT2D eigenvalue weighted by atomic mass is 10.2. The molecule has 0 radical (unpaired) electrons. The van der Waals surface area contributed by atoms with Crippen molar-refractivity contribution in [1.82, 2.24) is 10.8 Å². The predicted molar refractivity (Wildman–Crippen MR) is 79.3 cm³/mol. The second kappa shape index (κ2) is 8.11. The molecule has 1 heterocycles. The van der Waals surface area contributed by atoms with Crippen molar-refractivity contribution in [2.45, 2.75) is 25.6 Å². The van der Waals surface area contributed by atoms with Crippen molar-refractivity contribution in [3.8, 4) is 0 Å². The summed E-state index contributed by atoms with van der Waals surface area (Å²) in [6.45, 7) is 0.484. The molecule has 0 saturated carbocycles. The van der Waals surface area contributed by atoms with Crippen LogP contribution in [-0.4, -0.2) is 31.3 Å². The number of hydrogen-bond donors (Lipinski definition) is 2. The Hall–Kier alpha value is -1.44. The van der Waals surface area contributed by atoms with Crippen molar-refractivity contribution < 1.29 is 19.2 Å². The summed E-state index contributed by atoms with van der Waals surface area (Å²) in [5, 5.41) is 2.52. The van der Waals surface area contributed by atoms with Crippen molar-refractivity contribution >= 4 is 27.7 Å². The second-order valence-electron chi connectivity index (χ2n) is 4.63. The second-order valence-corrected chi connectivity index (χ2v) is 5.55. The van der Waals surface area contributed by atoms with Gasteiger partial charge in [0.25, 0.3) is 11.8 Å². The summed E-state index contributed by atoms with van der Waals surface area (Å²) in [6.07, 6.45) is 2.38. The number of ether oxygens (including phenoxy) is 1. The molecule has 1 aliphatic heterocycles. The normalized spacial score (nSPS) is 18.0. The first kappa shape index (κ1) is 15.9. The van der Waals surface area contributed by atoms with Gasteiger partial charge in [-0.2, -0.15) is 0 Å². The molecule has 1 aliphatic rings. The Labute approximate surface area is 131 Å². The molecule has 6 nitrogen and oxygen atoms in total. The summed E-state index contributed by atoms with van der Waals surface area (Å²) in [6, 6.07) is 6.92. The van der Waals surface area contributed by atoms with Crippen LogP contribution in [0.1, 0.15) is 29.6 Å². The maximum Gasteiger partial charge on any atom is 0.263 e. The standard InChI is InChI=1S/C14H17BrN2O4/c15-11-5-3-4-10(8-11)14(19)16-9-12(18)17-21-13-6-1-2-7-20-13/h3-5,8,13H,1-2,6-7,9H2,(H,16,19)(H,17,18)/t13-/m1/s1. The Morgan fingerprint density at radius 1 is 1.38 bits per heavy atom. The summed E-state index contributed by atoms with van der Waals surface area (Å²) in [4.78, 5) is 28.5. The highest BCUT2D eigenvalue weighted by molar-refractivity contribution is 9.10. The minimum absolute atomic E-state index is 0.155. The van der Waals surface area contributed by atoms with E-state index in [1.807, 2.05) is 6.07 Å².